The molecule has 2 aromatic heterocycles. The Hall–Kier alpha value is -2.34. The third kappa shape index (κ3) is 2.06. The fourth-order valence-corrected chi connectivity index (χ4v) is 1.99. The molecular weight excluding hydrogens is 266 g/mol. The summed E-state index contributed by atoms with van der Waals surface area (Å²) in [4.78, 5) is 25.3. The number of benzene rings is 1. The number of nitrogens with zero attached hydrogens (tertiary/aromatic N) is 2. The van der Waals surface area contributed by atoms with Gasteiger partial charge in [0.15, 0.2) is 11.2 Å². The van der Waals surface area contributed by atoms with E-state index >= 15 is 0 Å². The van der Waals surface area contributed by atoms with Crippen LogP contribution in [0.4, 0.5) is 5.95 Å². The van der Waals surface area contributed by atoms with Crippen LogP contribution in [0, 0.1) is 0 Å². The van der Waals surface area contributed by atoms with Gasteiger partial charge < -0.3 is 10.7 Å². The molecular formula is C12H10ClN5O. The first kappa shape index (κ1) is 11.7. The van der Waals surface area contributed by atoms with Crippen LogP contribution in [0.1, 0.15) is 5.56 Å². The van der Waals surface area contributed by atoms with Gasteiger partial charge in [-0.05, 0) is 5.56 Å². The van der Waals surface area contributed by atoms with Gasteiger partial charge in [-0.3, -0.25) is 9.78 Å². The highest BCUT2D eigenvalue weighted by molar-refractivity contribution is 6.17. The summed E-state index contributed by atoms with van der Waals surface area (Å²) in [6.07, 6.45) is 0. The first-order valence-corrected chi connectivity index (χ1v) is 6.11. The van der Waals surface area contributed by atoms with E-state index in [2.05, 4.69) is 19.9 Å². The van der Waals surface area contributed by atoms with Crippen molar-refractivity contribution in [2.24, 2.45) is 0 Å². The summed E-state index contributed by atoms with van der Waals surface area (Å²) in [5.41, 5.74) is 7.62. The van der Waals surface area contributed by atoms with Crippen molar-refractivity contribution in [3.8, 4) is 11.4 Å². The maximum atomic E-state index is 11.7. The van der Waals surface area contributed by atoms with Crippen molar-refractivity contribution < 1.29 is 0 Å². The second-order valence-corrected chi connectivity index (χ2v) is 4.33. The Bertz CT molecular complexity index is 790. The molecule has 0 unspecified atom stereocenters. The second-order valence-electron chi connectivity index (χ2n) is 4.07. The van der Waals surface area contributed by atoms with Crippen LogP contribution in [0.3, 0.4) is 0 Å². The number of aromatic nitrogens is 4. The predicted molar refractivity (Wildman–Crippen MR) is 73.9 cm³/mol. The van der Waals surface area contributed by atoms with E-state index in [1.165, 1.54) is 0 Å². The molecule has 0 fully saturated rings. The molecule has 0 aliphatic carbocycles. The number of anilines is 1. The second kappa shape index (κ2) is 4.40. The summed E-state index contributed by atoms with van der Waals surface area (Å²) in [6, 6.07) is 7.57. The molecule has 4 N–H and O–H groups in total. The minimum atomic E-state index is -0.335. The highest BCUT2D eigenvalue weighted by Gasteiger charge is 2.10. The lowest BCUT2D eigenvalue weighted by atomic mass is 10.1. The third-order valence-corrected chi connectivity index (χ3v) is 3.07. The van der Waals surface area contributed by atoms with Crippen molar-refractivity contribution in [2.45, 2.75) is 5.88 Å². The number of fused-ring (bicyclic) bond motifs is 1. The van der Waals surface area contributed by atoms with E-state index < -0.39 is 0 Å². The van der Waals surface area contributed by atoms with Crippen LogP contribution < -0.4 is 11.3 Å². The van der Waals surface area contributed by atoms with Crippen LogP contribution in [0.5, 0.6) is 0 Å². The molecule has 0 bridgehead atoms. The summed E-state index contributed by atoms with van der Waals surface area (Å²) in [7, 11) is 0. The van der Waals surface area contributed by atoms with Crippen LogP contribution in [0.2, 0.25) is 0 Å². The molecule has 0 aliphatic heterocycles. The fourth-order valence-electron chi connectivity index (χ4n) is 1.81. The molecule has 0 saturated carbocycles. The smallest absolute Gasteiger partial charge is 0.278 e. The Balaban J connectivity index is 2.14. The van der Waals surface area contributed by atoms with E-state index in [4.69, 9.17) is 17.3 Å². The molecule has 1 aromatic carbocycles. The van der Waals surface area contributed by atoms with E-state index in [0.717, 1.165) is 11.1 Å². The van der Waals surface area contributed by atoms with Gasteiger partial charge in [0, 0.05) is 11.4 Å². The minimum Gasteiger partial charge on any atom is -0.369 e. The quantitative estimate of drug-likeness (QED) is 0.619. The fraction of sp³-hybridized carbons (Fsp3) is 0.0833. The Morgan fingerprint density at radius 3 is 2.58 bits per heavy atom. The van der Waals surface area contributed by atoms with Crippen LogP contribution in [0.15, 0.2) is 29.1 Å². The number of hydrogen-bond acceptors (Lipinski definition) is 4. The average molecular weight is 276 g/mol. The lowest BCUT2D eigenvalue weighted by Crippen LogP contribution is -2.10. The highest BCUT2D eigenvalue weighted by Crippen LogP contribution is 2.19. The van der Waals surface area contributed by atoms with E-state index in [9.17, 15) is 4.79 Å². The first-order valence-electron chi connectivity index (χ1n) is 5.58. The monoisotopic (exact) mass is 275 g/mol. The summed E-state index contributed by atoms with van der Waals surface area (Å²) >= 11 is 5.73. The Kier molecular flexibility index (Phi) is 2.72. The maximum absolute atomic E-state index is 11.7. The van der Waals surface area contributed by atoms with Crippen molar-refractivity contribution >= 4 is 28.7 Å². The molecule has 7 heteroatoms. The molecule has 3 rings (SSSR count). The Labute approximate surface area is 112 Å². The van der Waals surface area contributed by atoms with Crippen molar-refractivity contribution in [1.82, 2.24) is 19.9 Å². The average Bonchev–Trinajstić information content (AvgIpc) is 2.83. The molecule has 0 spiro atoms. The van der Waals surface area contributed by atoms with Crippen molar-refractivity contribution in [1.29, 1.82) is 0 Å². The molecule has 96 valence electrons. The lowest BCUT2D eigenvalue weighted by molar-refractivity contribution is 1.17. The lowest BCUT2D eigenvalue weighted by Gasteiger charge is -1.97. The van der Waals surface area contributed by atoms with E-state index in [0.29, 0.717) is 22.9 Å². The zero-order valence-electron chi connectivity index (χ0n) is 9.77. The summed E-state index contributed by atoms with van der Waals surface area (Å²) in [5, 5.41) is 0. The van der Waals surface area contributed by atoms with Gasteiger partial charge in [0.1, 0.15) is 5.82 Å². The van der Waals surface area contributed by atoms with Gasteiger partial charge in [-0.15, -0.1) is 11.6 Å². The minimum absolute atomic E-state index is 0.0491. The number of aromatic amines is 2. The molecule has 0 atom stereocenters. The number of H-pyrrole nitrogens is 2. The topological polar surface area (TPSA) is 100 Å². The van der Waals surface area contributed by atoms with Gasteiger partial charge in [-0.1, -0.05) is 24.3 Å². The highest BCUT2D eigenvalue weighted by atomic mass is 35.5. The first-order chi connectivity index (χ1) is 9.17. The van der Waals surface area contributed by atoms with Crippen molar-refractivity contribution in [3.63, 3.8) is 0 Å². The van der Waals surface area contributed by atoms with Gasteiger partial charge >= 0.3 is 0 Å². The zero-order chi connectivity index (χ0) is 13.4. The SMILES string of the molecule is Nc1nc2nc(-c3ccc(CCl)cc3)[nH]c2c(=O)[nH]1. The molecule has 0 aliphatic rings. The molecule has 2 heterocycles. The Morgan fingerprint density at radius 1 is 1.16 bits per heavy atom. The number of rotatable bonds is 2. The van der Waals surface area contributed by atoms with Gasteiger partial charge in [-0.2, -0.15) is 4.98 Å². The number of alkyl halides is 1. The van der Waals surface area contributed by atoms with E-state index in [1.807, 2.05) is 24.3 Å². The molecule has 0 radical (unpaired) electrons. The van der Waals surface area contributed by atoms with Crippen LogP contribution in [-0.4, -0.2) is 19.9 Å². The van der Waals surface area contributed by atoms with Crippen LogP contribution in [0.25, 0.3) is 22.6 Å². The van der Waals surface area contributed by atoms with Crippen LogP contribution in [-0.2, 0) is 5.88 Å². The van der Waals surface area contributed by atoms with Gasteiger partial charge in [0.2, 0.25) is 5.95 Å². The summed E-state index contributed by atoms with van der Waals surface area (Å²) < 4.78 is 0. The number of nitrogens with one attached hydrogen (secondary N) is 2. The number of halogens is 1. The normalized spacial score (nSPS) is 11.0. The van der Waals surface area contributed by atoms with Crippen molar-refractivity contribution in [3.05, 3.63) is 40.2 Å². The van der Waals surface area contributed by atoms with Gasteiger partial charge in [-0.25, -0.2) is 4.98 Å². The predicted octanol–water partition coefficient (Wildman–Crippen LogP) is 1.63. The molecule has 6 nitrogen and oxygen atoms in total. The van der Waals surface area contributed by atoms with Gasteiger partial charge in [0.25, 0.3) is 5.56 Å². The standard InChI is InChI=1S/C12H10ClN5O/c13-5-6-1-3-7(4-2-6)9-15-8-10(16-9)17-12(14)18-11(8)19/h1-4H,5H2,(H4,14,15,16,17,18,19). The maximum Gasteiger partial charge on any atom is 0.278 e. The third-order valence-electron chi connectivity index (χ3n) is 2.76. The molecule has 19 heavy (non-hydrogen) atoms. The van der Waals surface area contributed by atoms with Gasteiger partial charge in [0.05, 0.1) is 0 Å². The van der Waals surface area contributed by atoms with Crippen LogP contribution >= 0.6 is 11.6 Å². The molecule has 3 aromatic rings. The molecule has 0 saturated heterocycles. The number of hydrogen-bond donors (Lipinski definition) is 3. The zero-order valence-corrected chi connectivity index (χ0v) is 10.5. The van der Waals surface area contributed by atoms with Crippen molar-refractivity contribution in [2.75, 3.05) is 5.73 Å². The summed E-state index contributed by atoms with van der Waals surface area (Å²) in [5.74, 6) is 1.07. The van der Waals surface area contributed by atoms with E-state index in [-0.39, 0.29) is 11.5 Å². The molecule has 0 amide bonds. The summed E-state index contributed by atoms with van der Waals surface area (Å²) in [6.45, 7) is 0. The number of nitrogen functional groups attached to an aromatic ring is 1. The van der Waals surface area contributed by atoms with E-state index in [1.54, 1.807) is 0 Å². The number of nitrogens with two attached hydrogens (primary N) is 1. The number of imidazole rings is 1. The Morgan fingerprint density at radius 2 is 1.89 bits per heavy atom. The largest absolute Gasteiger partial charge is 0.369 e.